The number of rotatable bonds is 8. The molecule has 0 radical (unpaired) electrons. The zero-order chi connectivity index (χ0) is 16.7. The summed E-state index contributed by atoms with van der Waals surface area (Å²) in [5.41, 5.74) is -0.159. The number of nitrogens with zero attached hydrogens (tertiary/aromatic N) is 1. The molecule has 22 heavy (non-hydrogen) atoms. The van der Waals surface area contributed by atoms with E-state index < -0.39 is 17.9 Å². The molecule has 0 fully saturated rings. The van der Waals surface area contributed by atoms with E-state index >= 15 is 0 Å². The average Bonchev–Trinajstić information content (AvgIpc) is 2.49. The first-order chi connectivity index (χ1) is 10.4. The minimum atomic E-state index is -0.720. The molecule has 0 aliphatic rings. The van der Waals surface area contributed by atoms with Crippen molar-refractivity contribution in [2.75, 3.05) is 32.6 Å². The molecule has 10 heteroatoms. The third-order valence-corrected chi connectivity index (χ3v) is 2.80. The third-order valence-electron chi connectivity index (χ3n) is 2.80. The first-order valence-corrected chi connectivity index (χ1v) is 6.51. The number of carbonyl (C=O) groups is 1. The summed E-state index contributed by atoms with van der Waals surface area (Å²) in [7, 11) is 1.75. The van der Waals surface area contributed by atoms with Crippen LogP contribution < -0.4 is 15.3 Å². The number of nitro groups is 1. The Morgan fingerprint density at radius 1 is 1.41 bits per heavy atom. The maximum atomic E-state index is 11.6. The molecule has 0 heterocycles. The Hall–Kier alpha value is -2.33. The van der Waals surface area contributed by atoms with Crippen LogP contribution in [0.5, 0.6) is 5.75 Å². The maximum Gasteiger partial charge on any atom is 0.373 e. The maximum absolute atomic E-state index is 11.6. The quantitative estimate of drug-likeness (QED) is 0.208. The zero-order valence-corrected chi connectivity index (χ0v) is 12.6. The summed E-state index contributed by atoms with van der Waals surface area (Å²) in [5.74, 6) is -0.882. The molecule has 0 aliphatic heterocycles. The minimum absolute atomic E-state index is 0.0237. The number of nitro benzene ring substituents is 1. The smallest absolute Gasteiger partial charge is 0.373 e. The highest BCUT2D eigenvalue weighted by atomic mass is 16.6. The van der Waals surface area contributed by atoms with Gasteiger partial charge in [0, 0.05) is 13.1 Å². The number of methoxy groups -OCH3 is 2. The molecule has 1 aromatic rings. The van der Waals surface area contributed by atoms with E-state index in [1.54, 1.807) is 6.82 Å². The van der Waals surface area contributed by atoms with Crippen LogP contribution in [0.1, 0.15) is 10.4 Å². The second-order valence-electron chi connectivity index (χ2n) is 4.35. The average molecular weight is 311 g/mol. The van der Waals surface area contributed by atoms with Crippen LogP contribution in [-0.4, -0.2) is 50.3 Å². The van der Waals surface area contributed by atoms with Gasteiger partial charge in [-0.1, -0.05) is 0 Å². The van der Waals surface area contributed by atoms with Gasteiger partial charge in [-0.25, -0.2) is 4.79 Å². The Balaban J connectivity index is 3.07. The largest absolute Gasteiger partial charge is 0.489 e. The van der Waals surface area contributed by atoms with Gasteiger partial charge in [0.25, 0.3) is 0 Å². The molecule has 0 aromatic heterocycles. The van der Waals surface area contributed by atoms with Crippen LogP contribution in [0.3, 0.4) is 0 Å². The van der Waals surface area contributed by atoms with Crippen LogP contribution >= 0.6 is 0 Å². The summed E-state index contributed by atoms with van der Waals surface area (Å²) < 4.78 is 9.59. The Kier molecular flexibility index (Phi) is 6.61. The molecule has 0 aliphatic carbocycles. The fourth-order valence-electron chi connectivity index (χ4n) is 1.85. The topological polar surface area (TPSA) is 123 Å². The predicted octanol–water partition coefficient (Wildman–Crippen LogP) is 0.502. The Labute approximate surface area is 127 Å². The van der Waals surface area contributed by atoms with E-state index in [0.717, 1.165) is 0 Å². The summed E-state index contributed by atoms with van der Waals surface area (Å²) in [6.45, 7) is 2.30. The van der Waals surface area contributed by atoms with Crippen molar-refractivity contribution in [2.45, 2.75) is 6.82 Å². The Morgan fingerprint density at radius 2 is 2.09 bits per heavy atom. The SMILES string of the molecule is COC(=O)c1ccc(NCCNB(C)O)c([N+](=O)[O-])c1OC. The number of anilines is 1. The Bertz CT molecular complexity index is 552. The number of esters is 1. The van der Waals surface area contributed by atoms with Crippen LogP contribution in [0.15, 0.2) is 12.1 Å². The molecule has 120 valence electrons. The zero-order valence-electron chi connectivity index (χ0n) is 12.6. The standard InChI is InChI=1S/C12H18BN3O6/c1-13(18)15-7-6-14-9-5-4-8(12(17)22-3)11(21-2)10(9)16(19)20/h4-5,14-15,18H,6-7H2,1-3H3. The molecule has 3 N–H and O–H groups in total. The van der Waals surface area contributed by atoms with E-state index in [-0.39, 0.29) is 22.7 Å². The molecular weight excluding hydrogens is 293 g/mol. The molecule has 0 saturated carbocycles. The lowest BCUT2D eigenvalue weighted by molar-refractivity contribution is -0.384. The van der Waals surface area contributed by atoms with Gasteiger partial charge < -0.3 is 25.0 Å². The minimum Gasteiger partial charge on any atom is -0.489 e. The highest BCUT2D eigenvalue weighted by molar-refractivity contribution is 6.45. The van der Waals surface area contributed by atoms with E-state index in [9.17, 15) is 14.9 Å². The number of carbonyl (C=O) groups excluding carboxylic acids is 1. The number of hydrogen-bond acceptors (Lipinski definition) is 8. The predicted molar refractivity (Wildman–Crippen MR) is 81.3 cm³/mol. The number of ether oxygens (including phenoxy) is 2. The van der Waals surface area contributed by atoms with Crippen molar-refractivity contribution in [3.8, 4) is 5.75 Å². The van der Waals surface area contributed by atoms with Crippen molar-refractivity contribution < 1.29 is 24.2 Å². The normalized spacial score (nSPS) is 10.0. The molecular formula is C12H18BN3O6. The number of hydrogen-bond donors (Lipinski definition) is 3. The fraction of sp³-hybridized carbons (Fsp3) is 0.417. The third kappa shape index (κ3) is 4.33. The molecule has 0 amide bonds. The van der Waals surface area contributed by atoms with Gasteiger partial charge in [-0.3, -0.25) is 10.1 Å². The molecule has 0 bridgehead atoms. The van der Waals surface area contributed by atoms with Gasteiger partial charge >= 0.3 is 18.7 Å². The lowest BCUT2D eigenvalue weighted by Crippen LogP contribution is -2.34. The molecule has 0 unspecified atom stereocenters. The van der Waals surface area contributed by atoms with Crippen molar-refractivity contribution >= 4 is 24.4 Å². The summed E-state index contributed by atoms with van der Waals surface area (Å²) in [6, 6.07) is 2.80. The lowest BCUT2D eigenvalue weighted by atomic mass is 9.89. The number of benzene rings is 1. The van der Waals surface area contributed by atoms with Gasteiger partial charge in [0.1, 0.15) is 11.3 Å². The number of nitrogens with one attached hydrogen (secondary N) is 2. The molecule has 1 aromatic carbocycles. The van der Waals surface area contributed by atoms with Crippen LogP contribution in [0.2, 0.25) is 6.82 Å². The van der Waals surface area contributed by atoms with Gasteiger partial charge in [0.15, 0.2) is 0 Å². The summed E-state index contributed by atoms with van der Waals surface area (Å²) in [6.07, 6.45) is 0. The van der Waals surface area contributed by atoms with Crippen LogP contribution in [0.25, 0.3) is 0 Å². The van der Waals surface area contributed by atoms with Gasteiger partial charge in [-0.2, -0.15) is 0 Å². The van der Waals surface area contributed by atoms with Gasteiger partial charge in [0.2, 0.25) is 5.75 Å². The molecule has 1 rings (SSSR count). The van der Waals surface area contributed by atoms with Crippen LogP contribution in [0, 0.1) is 10.1 Å². The van der Waals surface area contributed by atoms with E-state index in [1.807, 2.05) is 0 Å². The highest BCUT2D eigenvalue weighted by Gasteiger charge is 2.27. The monoisotopic (exact) mass is 311 g/mol. The van der Waals surface area contributed by atoms with Crippen molar-refractivity contribution in [3.63, 3.8) is 0 Å². The van der Waals surface area contributed by atoms with Crippen LogP contribution in [0.4, 0.5) is 11.4 Å². The molecule has 0 saturated heterocycles. The summed E-state index contributed by atoms with van der Waals surface area (Å²) in [4.78, 5) is 22.3. The van der Waals surface area contributed by atoms with Gasteiger partial charge in [0.05, 0.1) is 19.1 Å². The highest BCUT2D eigenvalue weighted by Crippen LogP contribution is 2.38. The van der Waals surface area contributed by atoms with Crippen molar-refractivity contribution in [1.82, 2.24) is 5.23 Å². The van der Waals surface area contributed by atoms with E-state index in [1.165, 1.54) is 26.4 Å². The Morgan fingerprint density at radius 3 is 2.59 bits per heavy atom. The van der Waals surface area contributed by atoms with E-state index in [0.29, 0.717) is 13.1 Å². The fourth-order valence-corrected chi connectivity index (χ4v) is 1.85. The second kappa shape index (κ2) is 8.20. The molecule has 0 spiro atoms. The van der Waals surface area contributed by atoms with E-state index in [2.05, 4.69) is 15.3 Å². The lowest BCUT2D eigenvalue weighted by Gasteiger charge is -2.12. The van der Waals surface area contributed by atoms with E-state index in [4.69, 9.17) is 9.76 Å². The van der Waals surface area contributed by atoms with Gasteiger partial charge in [-0.15, -0.1) is 0 Å². The second-order valence-corrected chi connectivity index (χ2v) is 4.35. The van der Waals surface area contributed by atoms with Crippen molar-refractivity contribution in [3.05, 3.63) is 27.8 Å². The first kappa shape index (κ1) is 17.7. The molecule has 0 atom stereocenters. The van der Waals surface area contributed by atoms with Crippen LogP contribution in [-0.2, 0) is 4.74 Å². The summed E-state index contributed by atoms with van der Waals surface area (Å²) >= 11 is 0. The molecule has 9 nitrogen and oxygen atoms in total. The van der Waals surface area contributed by atoms with Gasteiger partial charge in [-0.05, 0) is 19.0 Å². The van der Waals surface area contributed by atoms with Crippen molar-refractivity contribution in [1.29, 1.82) is 0 Å². The van der Waals surface area contributed by atoms with Crippen molar-refractivity contribution in [2.24, 2.45) is 0 Å². The first-order valence-electron chi connectivity index (χ1n) is 6.51. The summed E-state index contributed by atoms with van der Waals surface area (Å²) in [5, 5.41) is 26.0.